The molecule has 2 atom stereocenters. The summed E-state index contributed by atoms with van der Waals surface area (Å²) in [6, 6.07) is 0. The second-order valence-corrected chi connectivity index (χ2v) is 30.9. The highest BCUT2D eigenvalue weighted by Crippen LogP contribution is 2.43. The predicted molar refractivity (Wildman–Crippen MR) is 423 cm³/mol. The average Bonchev–Trinajstić information content (AvgIpc) is 2.57. The molecule has 0 aromatic rings. The molecule has 3 N–H and O–H groups in total. The van der Waals surface area contributed by atoms with E-state index in [9.17, 15) is 19.0 Å². The Kier molecular flexibility index (Phi) is 81.2. The van der Waals surface area contributed by atoms with Gasteiger partial charge in [-0.05, 0) is 77.0 Å². The molecule has 97 heavy (non-hydrogen) atoms. The number of unbranched alkanes of at least 4 members (excludes halogenated alkanes) is 62. The highest BCUT2D eigenvalue weighted by molar-refractivity contribution is 7.47. The van der Waals surface area contributed by atoms with E-state index in [-0.39, 0.29) is 38.6 Å². The first-order valence-electron chi connectivity index (χ1n) is 43.1. The lowest BCUT2D eigenvalue weighted by molar-refractivity contribution is -0.161. The predicted octanol–water partition coefficient (Wildman–Crippen LogP) is 29.1. The Bertz CT molecular complexity index is 1730. The molecule has 0 saturated heterocycles. The van der Waals surface area contributed by atoms with E-state index < -0.39 is 26.5 Å². The van der Waals surface area contributed by atoms with E-state index >= 15 is 0 Å². The maximum atomic E-state index is 12.8. The standard InChI is InChI=1S/C87H166NO8P/c1-3-5-7-9-11-13-15-17-19-21-23-25-27-29-31-33-35-37-39-40-41-42-43-44-46-48-50-52-54-56-58-60-62-64-66-68-70-72-74-76-78-80-87(90)96-85(84-95-97(91,92)94-82-81-88)83-93-86(89)79-77-75-73-71-69-67-65-63-61-59-57-55-53-51-49-47-45-38-36-34-32-30-28-26-24-22-20-18-16-14-12-10-8-6-4-2/h15,17,21-24,27,29,85H,3-14,16,18-20,25-26,28,30-84,88H2,1-2H3,(H,91,92)/b17-15-,23-21-,24-22-,29-27-. The zero-order valence-electron chi connectivity index (χ0n) is 64.9. The zero-order chi connectivity index (χ0) is 70.0. The van der Waals surface area contributed by atoms with Gasteiger partial charge in [-0.1, -0.05) is 422 Å². The van der Waals surface area contributed by atoms with Crippen LogP contribution in [0.25, 0.3) is 0 Å². The van der Waals surface area contributed by atoms with Gasteiger partial charge in [0.25, 0.3) is 0 Å². The first kappa shape index (κ1) is 95.0. The molecule has 0 rings (SSSR count). The molecule has 0 aliphatic heterocycles. The zero-order valence-corrected chi connectivity index (χ0v) is 65.7. The Morgan fingerprint density at radius 1 is 0.309 bits per heavy atom. The van der Waals surface area contributed by atoms with Crippen molar-refractivity contribution in [2.75, 3.05) is 26.4 Å². The van der Waals surface area contributed by atoms with E-state index in [1.165, 1.54) is 385 Å². The number of phosphoric acid groups is 1. The molecule has 10 heteroatoms. The molecule has 0 radical (unpaired) electrons. The van der Waals surface area contributed by atoms with E-state index in [0.29, 0.717) is 6.42 Å². The van der Waals surface area contributed by atoms with Crippen molar-refractivity contribution < 1.29 is 37.6 Å². The van der Waals surface area contributed by atoms with Crippen LogP contribution in [0.15, 0.2) is 48.6 Å². The lowest BCUT2D eigenvalue weighted by atomic mass is 10.0. The summed E-state index contributed by atoms with van der Waals surface area (Å²) in [5.74, 6) is -0.799. The molecule has 0 heterocycles. The van der Waals surface area contributed by atoms with Gasteiger partial charge >= 0.3 is 19.8 Å². The molecule has 9 nitrogen and oxygen atoms in total. The van der Waals surface area contributed by atoms with Crippen molar-refractivity contribution in [3.05, 3.63) is 48.6 Å². The molecule has 0 amide bonds. The van der Waals surface area contributed by atoms with Crippen LogP contribution >= 0.6 is 7.82 Å². The van der Waals surface area contributed by atoms with Gasteiger partial charge in [-0.15, -0.1) is 0 Å². The van der Waals surface area contributed by atoms with Gasteiger partial charge in [0.2, 0.25) is 0 Å². The Hall–Kier alpha value is -2.03. The number of carbonyl (C=O) groups excluding carboxylic acids is 2. The fraction of sp³-hybridized carbons (Fsp3) is 0.885. The summed E-state index contributed by atoms with van der Waals surface area (Å²) in [5.41, 5.74) is 5.42. The van der Waals surface area contributed by atoms with Crippen LogP contribution in [0.5, 0.6) is 0 Å². The average molecular weight is 1390 g/mol. The van der Waals surface area contributed by atoms with Crippen LogP contribution in [-0.2, 0) is 32.7 Å². The Morgan fingerprint density at radius 2 is 0.536 bits per heavy atom. The number of hydrogen-bond acceptors (Lipinski definition) is 8. The van der Waals surface area contributed by atoms with E-state index in [0.717, 1.165) is 44.9 Å². The second kappa shape index (κ2) is 82.9. The number of nitrogens with two attached hydrogens (primary N) is 1. The van der Waals surface area contributed by atoms with Crippen LogP contribution < -0.4 is 5.73 Å². The summed E-state index contributed by atoms with van der Waals surface area (Å²) < 4.78 is 33.3. The van der Waals surface area contributed by atoms with Crippen LogP contribution in [-0.4, -0.2) is 49.3 Å². The van der Waals surface area contributed by atoms with Gasteiger partial charge in [0.1, 0.15) is 6.61 Å². The van der Waals surface area contributed by atoms with Crippen molar-refractivity contribution in [1.82, 2.24) is 0 Å². The third-order valence-electron chi connectivity index (χ3n) is 19.7. The van der Waals surface area contributed by atoms with Crippen LogP contribution in [0, 0.1) is 0 Å². The molecule has 2 unspecified atom stereocenters. The number of esters is 2. The van der Waals surface area contributed by atoms with Crippen molar-refractivity contribution in [3.8, 4) is 0 Å². The fourth-order valence-electron chi connectivity index (χ4n) is 13.3. The van der Waals surface area contributed by atoms with Crippen LogP contribution in [0.4, 0.5) is 0 Å². The quantitative estimate of drug-likeness (QED) is 0.0264. The minimum atomic E-state index is -4.40. The summed E-state index contributed by atoms with van der Waals surface area (Å²) in [4.78, 5) is 35.5. The van der Waals surface area contributed by atoms with E-state index in [1.807, 2.05) is 0 Å². The van der Waals surface area contributed by atoms with Gasteiger partial charge in [-0.3, -0.25) is 18.6 Å². The number of allylic oxidation sites excluding steroid dienone is 8. The SMILES string of the molecule is CCCCCCC/C=C\C/C=C\C/C=C\CCCCCCCCCCCCCCCCCCCCCCCCCCCCC(=O)OC(COC(=O)CCCCCCCCCCCCCCCCCCCCCCCCC/C=C\CCCCCCCCCC)COP(=O)(O)OCCN. The number of phosphoric ester groups is 1. The summed E-state index contributed by atoms with van der Waals surface area (Å²) in [6.07, 6.45) is 109. The van der Waals surface area contributed by atoms with Gasteiger partial charge in [-0.25, -0.2) is 4.57 Å². The summed E-state index contributed by atoms with van der Waals surface area (Å²) in [6.45, 7) is 3.82. The second-order valence-electron chi connectivity index (χ2n) is 29.4. The third-order valence-corrected chi connectivity index (χ3v) is 20.7. The molecule has 0 saturated carbocycles. The number of ether oxygens (including phenoxy) is 2. The highest BCUT2D eigenvalue weighted by atomic mass is 31.2. The van der Waals surface area contributed by atoms with E-state index in [4.69, 9.17) is 24.3 Å². The highest BCUT2D eigenvalue weighted by Gasteiger charge is 2.26. The fourth-order valence-corrected chi connectivity index (χ4v) is 14.1. The van der Waals surface area contributed by atoms with Gasteiger partial charge in [-0.2, -0.15) is 0 Å². The summed E-state index contributed by atoms with van der Waals surface area (Å²) in [7, 11) is -4.40. The van der Waals surface area contributed by atoms with Crippen LogP contribution in [0.1, 0.15) is 463 Å². The van der Waals surface area contributed by atoms with Gasteiger partial charge < -0.3 is 20.1 Å². The summed E-state index contributed by atoms with van der Waals surface area (Å²) in [5, 5.41) is 0. The number of hydrogen-bond donors (Lipinski definition) is 2. The molecule has 572 valence electrons. The third kappa shape index (κ3) is 82.8. The van der Waals surface area contributed by atoms with Gasteiger partial charge in [0, 0.05) is 19.4 Å². The minimum absolute atomic E-state index is 0.0565. The molecular weight excluding hydrogens is 1220 g/mol. The maximum Gasteiger partial charge on any atom is 0.472 e. The van der Waals surface area contributed by atoms with E-state index in [1.54, 1.807) is 0 Å². The van der Waals surface area contributed by atoms with Gasteiger partial charge in [0.05, 0.1) is 13.2 Å². The number of carbonyl (C=O) groups is 2. The van der Waals surface area contributed by atoms with E-state index in [2.05, 4.69) is 62.5 Å². The topological polar surface area (TPSA) is 134 Å². The molecule has 0 bridgehead atoms. The van der Waals surface area contributed by atoms with Gasteiger partial charge in [0.15, 0.2) is 6.10 Å². The molecular formula is C87H166NO8P. The summed E-state index contributed by atoms with van der Waals surface area (Å²) >= 11 is 0. The lowest BCUT2D eigenvalue weighted by Crippen LogP contribution is -2.29. The monoisotopic (exact) mass is 1380 g/mol. The van der Waals surface area contributed by atoms with Crippen LogP contribution in [0.3, 0.4) is 0 Å². The van der Waals surface area contributed by atoms with Crippen molar-refractivity contribution in [3.63, 3.8) is 0 Å². The molecule has 0 aromatic carbocycles. The lowest BCUT2D eigenvalue weighted by Gasteiger charge is -2.19. The molecule has 0 aliphatic rings. The Balaban J connectivity index is 3.72. The Labute approximate surface area is 604 Å². The Morgan fingerprint density at radius 3 is 0.804 bits per heavy atom. The first-order chi connectivity index (χ1) is 47.8. The first-order valence-corrected chi connectivity index (χ1v) is 44.6. The molecule has 0 fully saturated rings. The molecule has 0 aromatic heterocycles. The number of rotatable bonds is 83. The van der Waals surface area contributed by atoms with Crippen molar-refractivity contribution >= 4 is 19.8 Å². The minimum Gasteiger partial charge on any atom is -0.462 e. The van der Waals surface area contributed by atoms with Crippen LogP contribution in [0.2, 0.25) is 0 Å². The normalized spacial score (nSPS) is 13.0. The molecule has 0 spiro atoms. The smallest absolute Gasteiger partial charge is 0.462 e. The molecule has 0 aliphatic carbocycles. The van der Waals surface area contributed by atoms with Crippen molar-refractivity contribution in [2.24, 2.45) is 5.73 Å². The van der Waals surface area contributed by atoms with Crippen molar-refractivity contribution in [2.45, 2.75) is 469 Å². The maximum absolute atomic E-state index is 12.8. The largest absolute Gasteiger partial charge is 0.472 e. The van der Waals surface area contributed by atoms with Crippen molar-refractivity contribution in [1.29, 1.82) is 0 Å².